The number of rotatable bonds is 2. The third kappa shape index (κ3) is 2.12. The molecule has 21 heavy (non-hydrogen) atoms. The lowest BCUT2D eigenvalue weighted by molar-refractivity contribution is 0.414. The van der Waals surface area contributed by atoms with Gasteiger partial charge in [0.25, 0.3) is 0 Å². The SMILES string of the molecule is COc1cccc(-n2nc(C(C)(C)C)c3c(N)[nH]nc32)c1. The largest absolute Gasteiger partial charge is 0.497 e. The number of fused-ring (bicyclic) bond motifs is 1. The summed E-state index contributed by atoms with van der Waals surface area (Å²) in [6.07, 6.45) is 0. The summed E-state index contributed by atoms with van der Waals surface area (Å²) in [5.41, 5.74) is 8.44. The van der Waals surface area contributed by atoms with Crippen LogP contribution < -0.4 is 10.5 Å². The molecule has 0 saturated carbocycles. The second kappa shape index (κ2) is 4.51. The fourth-order valence-corrected chi connectivity index (χ4v) is 2.38. The van der Waals surface area contributed by atoms with Crippen LogP contribution in [0.5, 0.6) is 5.75 Å². The van der Waals surface area contributed by atoms with E-state index in [4.69, 9.17) is 15.6 Å². The minimum Gasteiger partial charge on any atom is -0.497 e. The van der Waals surface area contributed by atoms with Gasteiger partial charge in [-0.05, 0) is 12.1 Å². The number of aromatic nitrogens is 4. The maximum absolute atomic E-state index is 6.03. The molecule has 2 aromatic heterocycles. The Hall–Kier alpha value is -2.50. The molecule has 3 N–H and O–H groups in total. The molecule has 0 aliphatic heterocycles. The molecule has 6 heteroatoms. The smallest absolute Gasteiger partial charge is 0.186 e. The summed E-state index contributed by atoms with van der Waals surface area (Å²) in [5.74, 6) is 1.32. The zero-order chi connectivity index (χ0) is 15.2. The predicted octanol–water partition coefficient (Wildman–Crippen LogP) is 2.64. The first kappa shape index (κ1) is 13.5. The molecule has 0 unspecified atom stereocenters. The van der Waals surface area contributed by atoms with Crippen LogP contribution in [-0.2, 0) is 5.41 Å². The maximum atomic E-state index is 6.03. The molecule has 110 valence electrons. The minimum absolute atomic E-state index is 0.125. The highest BCUT2D eigenvalue weighted by atomic mass is 16.5. The van der Waals surface area contributed by atoms with Gasteiger partial charge in [0, 0.05) is 11.5 Å². The molecule has 1 aromatic carbocycles. The van der Waals surface area contributed by atoms with Crippen molar-refractivity contribution < 1.29 is 4.74 Å². The number of nitrogens with two attached hydrogens (primary N) is 1. The second-order valence-electron chi connectivity index (χ2n) is 6.05. The fourth-order valence-electron chi connectivity index (χ4n) is 2.38. The van der Waals surface area contributed by atoms with Crippen molar-refractivity contribution in [1.29, 1.82) is 0 Å². The highest BCUT2D eigenvalue weighted by molar-refractivity contribution is 5.90. The van der Waals surface area contributed by atoms with Crippen molar-refractivity contribution in [2.45, 2.75) is 26.2 Å². The van der Waals surface area contributed by atoms with E-state index >= 15 is 0 Å². The van der Waals surface area contributed by atoms with E-state index in [1.54, 1.807) is 11.8 Å². The van der Waals surface area contributed by atoms with Gasteiger partial charge >= 0.3 is 0 Å². The van der Waals surface area contributed by atoms with Crippen molar-refractivity contribution in [2.24, 2.45) is 0 Å². The highest BCUT2D eigenvalue weighted by Gasteiger charge is 2.26. The van der Waals surface area contributed by atoms with Crippen LogP contribution in [0, 0.1) is 0 Å². The van der Waals surface area contributed by atoms with Crippen LogP contribution in [0.3, 0.4) is 0 Å². The lowest BCUT2D eigenvalue weighted by atomic mass is 9.91. The maximum Gasteiger partial charge on any atom is 0.186 e. The van der Waals surface area contributed by atoms with Gasteiger partial charge in [-0.1, -0.05) is 26.8 Å². The number of nitrogens with zero attached hydrogens (tertiary/aromatic N) is 3. The van der Waals surface area contributed by atoms with E-state index in [2.05, 4.69) is 31.0 Å². The Morgan fingerprint density at radius 2 is 2.05 bits per heavy atom. The zero-order valence-corrected chi connectivity index (χ0v) is 12.6. The van der Waals surface area contributed by atoms with Crippen molar-refractivity contribution >= 4 is 16.9 Å². The molecule has 2 heterocycles. The Labute approximate surface area is 122 Å². The van der Waals surface area contributed by atoms with E-state index in [1.165, 1.54) is 0 Å². The van der Waals surface area contributed by atoms with Crippen LogP contribution >= 0.6 is 0 Å². The molecule has 3 aromatic rings. The van der Waals surface area contributed by atoms with Crippen LogP contribution in [0.25, 0.3) is 16.7 Å². The average Bonchev–Trinajstić information content (AvgIpc) is 2.99. The summed E-state index contributed by atoms with van der Waals surface area (Å²) < 4.78 is 7.07. The summed E-state index contributed by atoms with van der Waals surface area (Å²) in [6, 6.07) is 7.71. The molecule has 0 radical (unpaired) electrons. The molecular weight excluding hydrogens is 266 g/mol. The number of ether oxygens (including phenoxy) is 1. The average molecular weight is 285 g/mol. The van der Waals surface area contributed by atoms with Gasteiger partial charge in [0.05, 0.1) is 23.9 Å². The molecule has 0 bridgehead atoms. The van der Waals surface area contributed by atoms with Gasteiger partial charge in [-0.25, -0.2) is 4.68 Å². The minimum atomic E-state index is -0.125. The number of hydrogen-bond donors (Lipinski definition) is 2. The van der Waals surface area contributed by atoms with Gasteiger partial charge in [-0.3, -0.25) is 5.10 Å². The first-order valence-corrected chi connectivity index (χ1v) is 6.79. The number of hydrogen-bond acceptors (Lipinski definition) is 4. The third-order valence-electron chi connectivity index (χ3n) is 3.42. The Bertz CT molecular complexity index is 794. The van der Waals surface area contributed by atoms with Crippen LogP contribution in [0.4, 0.5) is 5.82 Å². The topological polar surface area (TPSA) is 81.8 Å². The van der Waals surface area contributed by atoms with Crippen molar-refractivity contribution in [1.82, 2.24) is 20.0 Å². The van der Waals surface area contributed by atoms with E-state index in [0.717, 1.165) is 28.2 Å². The van der Waals surface area contributed by atoms with Crippen LogP contribution in [-0.4, -0.2) is 27.1 Å². The van der Waals surface area contributed by atoms with Crippen molar-refractivity contribution in [3.63, 3.8) is 0 Å². The number of nitrogen functional groups attached to an aromatic ring is 1. The lowest BCUT2D eigenvalue weighted by Crippen LogP contribution is -2.13. The number of aromatic amines is 1. The molecule has 6 nitrogen and oxygen atoms in total. The van der Waals surface area contributed by atoms with Gasteiger partial charge < -0.3 is 10.5 Å². The monoisotopic (exact) mass is 285 g/mol. The van der Waals surface area contributed by atoms with Crippen LogP contribution in [0.2, 0.25) is 0 Å². The van der Waals surface area contributed by atoms with E-state index in [0.29, 0.717) is 5.82 Å². The third-order valence-corrected chi connectivity index (χ3v) is 3.42. The lowest BCUT2D eigenvalue weighted by Gasteiger charge is -2.15. The Kier molecular flexibility index (Phi) is 2.90. The summed E-state index contributed by atoms with van der Waals surface area (Å²) in [7, 11) is 1.64. The fraction of sp³-hybridized carbons (Fsp3) is 0.333. The van der Waals surface area contributed by atoms with Gasteiger partial charge in [0.1, 0.15) is 11.6 Å². The molecule has 0 aliphatic rings. The second-order valence-corrected chi connectivity index (χ2v) is 6.05. The molecule has 3 rings (SSSR count). The highest BCUT2D eigenvalue weighted by Crippen LogP contribution is 2.33. The number of methoxy groups -OCH3 is 1. The van der Waals surface area contributed by atoms with Gasteiger partial charge in [0.15, 0.2) is 5.65 Å². The summed E-state index contributed by atoms with van der Waals surface area (Å²) in [6.45, 7) is 6.32. The molecular formula is C15H19N5O. The quantitative estimate of drug-likeness (QED) is 0.758. The normalized spacial score (nSPS) is 12.0. The van der Waals surface area contributed by atoms with E-state index < -0.39 is 0 Å². The van der Waals surface area contributed by atoms with E-state index in [-0.39, 0.29) is 5.41 Å². The predicted molar refractivity (Wildman–Crippen MR) is 82.9 cm³/mol. The first-order valence-electron chi connectivity index (χ1n) is 6.79. The molecule has 0 atom stereocenters. The van der Waals surface area contributed by atoms with Gasteiger partial charge in [-0.2, -0.15) is 10.2 Å². The first-order chi connectivity index (χ1) is 9.91. The number of H-pyrrole nitrogens is 1. The number of benzene rings is 1. The van der Waals surface area contributed by atoms with Crippen LogP contribution in [0.1, 0.15) is 26.5 Å². The van der Waals surface area contributed by atoms with Crippen molar-refractivity contribution in [3.05, 3.63) is 30.0 Å². The summed E-state index contributed by atoms with van der Waals surface area (Å²) in [4.78, 5) is 0. The Balaban J connectivity index is 2.28. The van der Waals surface area contributed by atoms with E-state index in [9.17, 15) is 0 Å². The standard InChI is InChI=1S/C15H19N5O/c1-15(2,3)12-11-13(16)17-18-14(11)20(19-12)9-6-5-7-10(8-9)21-4/h5-8H,1-4H3,(H3,16,17,18). The van der Waals surface area contributed by atoms with Crippen molar-refractivity contribution in [3.8, 4) is 11.4 Å². The number of anilines is 1. The van der Waals surface area contributed by atoms with Crippen molar-refractivity contribution in [2.75, 3.05) is 12.8 Å². The Morgan fingerprint density at radius 3 is 2.71 bits per heavy atom. The molecule has 0 saturated heterocycles. The zero-order valence-electron chi connectivity index (χ0n) is 12.6. The van der Waals surface area contributed by atoms with E-state index in [1.807, 2.05) is 24.3 Å². The number of nitrogens with one attached hydrogen (secondary N) is 1. The molecule has 0 fully saturated rings. The summed E-state index contributed by atoms with van der Waals surface area (Å²) >= 11 is 0. The van der Waals surface area contributed by atoms with Gasteiger partial charge in [-0.15, -0.1) is 0 Å². The van der Waals surface area contributed by atoms with Crippen LogP contribution in [0.15, 0.2) is 24.3 Å². The molecule has 0 amide bonds. The van der Waals surface area contributed by atoms with Gasteiger partial charge in [0.2, 0.25) is 0 Å². The molecule has 0 spiro atoms. The summed E-state index contributed by atoms with van der Waals surface area (Å²) in [5, 5.41) is 12.7. The Morgan fingerprint density at radius 1 is 1.29 bits per heavy atom. The molecule has 0 aliphatic carbocycles.